The summed E-state index contributed by atoms with van der Waals surface area (Å²) in [6, 6.07) is 9.63. The maximum Gasteiger partial charge on any atom is 0.306 e. The quantitative estimate of drug-likeness (QED) is 0.753. The van der Waals surface area contributed by atoms with Gasteiger partial charge in [0, 0.05) is 5.69 Å². The Morgan fingerprint density at radius 1 is 1.23 bits per heavy atom. The molecule has 0 bridgehead atoms. The zero-order valence-electron chi connectivity index (χ0n) is 12.7. The maximum atomic E-state index is 12.2. The molecule has 0 aliphatic carbocycles. The van der Waals surface area contributed by atoms with Crippen molar-refractivity contribution in [1.82, 2.24) is 9.38 Å². The molecule has 0 unspecified atom stereocenters. The van der Waals surface area contributed by atoms with Gasteiger partial charge in [-0.1, -0.05) is 6.07 Å². The van der Waals surface area contributed by atoms with Crippen molar-refractivity contribution in [1.29, 1.82) is 0 Å². The van der Waals surface area contributed by atoms with Crippen LogP contribution in [0.3, 0.4) is 0 Å². The van der Waals surface area contributed by atoms with Crippen LogP contribution >= 0.6 is 0 Å². The van der Waals surface area contributed by atoms with Gasteiger partial charge in [-0.2, -0.15) is 0 Å². The van der Waals surface area contributed by atoms with Crippen LogP contribution in [0.5, 0.6) is 0 Å². The molecule has 0 radical (unpaired) electrons. The lowest BCUT2D eigenvalue weighted by atomic mass is 10.2. The van der Waals surface area contributed by atoms with Crippen molar-refractivity contribution in [2.75, 3.05) is 6.61 Å². The molecule has 22 heavy (non-hydrogen) atoms. The summed E-state index contributed by atoms with van der Waals surface area (Å²) in [5.74, 6) is -0.220. The van der Waals surface area contributed by atoms with Gasteiger partial charge in [-0.3, -0.25) is 9.59 Å². The van der Waals surface area contributed by atoms with Gasteiger partial charge in [0.2, 0.25) is 0 Å². The molecular formula is C17H18N2O3. The first-order chi connectivity index (χ1) is 10.6. The molecule has 0 saturated heterocycles. The lowest BCUT2D eigenvalue weighted by Gasteiger charge is -2.08. The van der Waals surface area contributed by atoms with Gasteiger partial charge in [0.25, 0.3) is 5.56 Å². The number of aromatic nitrogens is 2. The lowest BCUT2D eigenvalue weighted by molar-refractivity contribution is -0.143. The standard InChI is InChI=1S/C17H18N2O3/c1-3-22-16(20)9-6-12-5-8-15-17(21)18-13-10-11(2)4-7-14(13)19(12)15/h4-5,7-8,10H,3,6,9H2,1-2H3,(H,18,21). The number of ether oxygens (including phenoxy) is 1. The Balaban J connectivity index is 2.10. The van der Waals surface area contributed by atoms with E-state index in [9.17, 15) is 9.59 Å². The van der Waals surface area contributed by atoms with Crippen LogP contribution in [0.4, 0.5) is 0 Å². The number of esters is 1. The molecule has 2 heterocycles. The number of hydrogen-bond acceptors (Lipinski definition) is 3. The Morgan fingerprint density at radius 2 is 2.00 bits per heavy atom. The maximum absolute atomic E-state index is 12.2. The summed E-state index contributed by atoms with van der Waals surface area (Å²) in [7, 11) is 0. The predicted octanol–water partition coefficient (Wildman–Crippen LogP) is 2.58. The molecule has 114 valence electrons. The monoisotopic (exact) mass is 298 g/mol. The van der Waals surface area contributed by atoms with E-state index in [1.54, 1.807) is 13.0 Å². The first-order valence-electron chi connectivity index (χ1n) is 7.38. The van der Waals surface area contributed by atoms with Gasteiger partial charge in [0.1, 0.15) is 5.52 Å². The molecule has 0 spiro atoms. The normalized spacial score (nSPS) is 11.2. The number of hydrogen-bond donors (Lipinski definition) is 1. The van der Waals surface area contributed by atoms with E-state index in [0.717, 1.165) is 22.3 Å². The minimum atomic E-state index is -0.220. The number of benzene rings is 1. The fourth-order valence-corrected chi connectivity index (χ4v) is 2.73. The summed E-state index contributed by atoms with van der Waals surface area (Å²) in [4.78, 5) is 26.6. The van der Waals surface area contributed by atoms with Crippen molar-refractivity contribution in [3.63, 3.8) is 0 Å². The second-order valence-corrected chi connectivity index (χ2v) is 5.33. The molecule has 0 aliphatic rings. The van der Waals surface area contributed by atoms with E-state index in [4.69, 9.17) is 4.74 Å². The van der Waals surface area contributed by atoms with Gasteiger partial charge >= 0.3 is 5.97 Å². The minimum absolute atomic E-state index is 0.125. The van der Waals surface area contributed by atoms with Gasteiger partial charge in [-0.15, -0.1) is 0 Å². The third-order valence-corrected chi connectivity index (χ3v) is 3.73. The molecule has 0 atom stereocenters. The molecule has 5 nitrogen and oxygen atoms in total. The summed E-state index contributed by atoms with van der Waals surface area (Å²) in [6.07, 6.45) is 0.847. The highest BCUT2D eigenvalue weighted by atomic mass is 16.5. The van der Waals surface area contributed by atoms with Gasteiger partial charge in [0.05, 0.1) is 24.1 Å². The minimum Gasteiger partial charge on any atom is -0.466 e. The van der Waals surface area contributed by atoms with Gasteiger partial charge in [0.15, 0.2) is 0 Å². The second kappa shape index (κ2) is 5.67. The van der Waals surface area contributed by atoms with Crippen LogP contribution in [0.2, 0.25) is 0 Å². The number of aryl methyl sites for hydroxylation is 2. The van der Waals surface area contributed by atoms with Crippen LogP contribution < -0.4 is 5.56 Å². The third kappa shape index (κ3) is 2.50. The van der Waals surface area contributed by atoms with Crippen LogP contribution in [0.15, 0.2) is 35.1 Å². The van der Waals surface area contributed by atoms with Crippen LogP contribution in [0.1, 0.15) is 24.6 Å². The Bertz CT molecular complexity index is 905. The van der Waals surface area contributed by atoms with Gasteiger partial charge in [-0.25, -0.2) is 0 Å². The number of nitrogens with one attached hydrogen (secondary N) is 1. The summed E-state index contributed by atoms with van der Waals surface area (Å²) in [6.45, 7) is 4.16. The molecule has 1 N–H and O–H groups in total. The first kappa shape index (κ1) is 14.4. The zero-order valence-corrected chi connectivity index (χ0v) is 12.7. The topological polar surface area (TPSA) is 63.6 Å². The molecule has 5 heteroatoms. The van der Waals surface area contributed by atoms with Crippen molar-refractivity contribution in [2.24, 2.45) is 0 Å². The molecular weight excluding hydrogens is 280 g/mol. The molecule has 3 rings (SSSR count). The van der Waals surface area contributed by atoms with E-state index < -0.39 is 0 Å². The third-order valence-electron chi connectivity index (χ3n) is 3.73. The zero-order chi connectivity index (χ0) is 15.7. The fourth-order valence-electron chi connectivity index (χ4n) is 2.73. The van der Waals surface area contributed by atoms with E-state index >= 15 is 0 Å². The molecule has 1 aromatic carbocycles. The number of H-pyrrole nitrogens is 1. The number of carbonyl (C=O) groups excluding carboxylic acids is 1. The number of nitrogens with zero attached hydrogens (tertiary/aromatic N) is 1. The summed E-state index contributed by atoms with van der Waals surface area (Å²) >= 11 is 0. The highest BCUT2D eigenvalue weighted by molar-refractivity contribution is 5.79. The molecule has 0 aliphatic heterocycles. The van der Waals surface area contributed by atoms with E-state index in [1.807, 2.05) is 35.6 Å². The highest BCUT2D eigenvalue weighted by Gasteiger charge is 2.11. The molecule has 0 saturated carbocycles. The molecule has 2 aromatic heterocycles. The van der Waals surface area contributed by atoms with E-state index in [-0.39, 0.29) is 11.5 Å². The van der Waals surface area contributed by atoms with Crippen LogP contribution in [0.25, 0.3) is 16.6 Å². The summed E-state index contributed by atoms with van der Waals surface area (Å²) < 4.78 is 6.89. The van der Waals surface area contributed by atoms with Crippen molar-refractivity contribution >= 4 is 22.5 Å². The Hall–Kier alpha value is -2.56. The Kier molecular flexibility index (Phi) is 3.71. The predicted molar refractivity (Wildman–Crippen MR) is 85.2 cm³/mol. The molecule has 0 amide bonds. The van der Waals surface area contributed by atoms with Gasteiger partial charge < -0.3 is 14.1 Å². The van der Waals surface area contributed by atoms with Crippen molar-refractivity contribution < 1.29 is 9.53 Å². The van der Waals surface area contributed by atoms with Gasteiger partial charge in [-0.05, 0) is 50.1 Å². The number of fused-ring (bicyclic) bond motifs is 3. The lowest BCUT2D eigenvalue weighted by Crippen LogP contribution is -2.12. The van der Waals surface area contributed by atoms with Crippen molar-refractivity contribution in [2.45, 2.75) is 26.7 Å². The van der Waals surface area contributed by atoms with E-state index in [2.05, 4.69) is 4.98 Å². The van der Waals surface area contributed by atoms with Crippen LogP contribution in [0, 0.1) is 6.92 Å². The highest BCUT2D eigenvalue weighted by Crippen LogP contribution is 2.18. The molecule has 0 fully saturated rings. The Labute approximate surface area is 127 Å². The average Bonchev–Trinajstić information content (AvgIpc) is 2.90. The smallest absolute Gasteiger partial charge is 0.306 e. The Morgan fingerprint density at radius 3 is 2.77 bits per heavy atom. The second-order valence-electron chi connectivity index (χ2n) is 5.33. The van der Waals surface area contributed by atoms with Crippen LogP contribution in [-0.4, -0.2) is 22.0 Å². The summed E-state index contributed by atoms with van der Waals surface area (Å²) in [5.41, 5.74) is 4.22. The molecule has 3 aromatic rings. The SMILES string of the molecule is CCOC(=O)CCc1ccc2c(=O)[nH]c3cc(C)ccc3n12. The number of rotatable bonds is 4. The fraction of sp³-hybridized carbons (Fsp3) is 0.294. The van der Waals surface area contributed by atoms with Crippen molar-refractivity contribution in [3.05, 3.63) is 51.9 Å². The number of aromatic amines is 1. The van der Waals surface area contributed by atoms with E-state index in [0.29, 0.717) is 25.0 Å². The summed E-state index contributed by atoms with van der Waals surface area (Å²) in [5, 5.41) is 0. The van der Waals surface area contributed by atoms with Crippen molar-refractivity contribution in [3.8, 4) is 0 Å². The number of carbonyl (C=O) groups is 1. The first-order valence-corrected chi connectivity index (χ1v) is 7.38. The average molecular weight is 298 g/mol. The van der Waals surface area contributed by atoms with Crippen LogP contribution in [-0.2, 0) is 16.0 Å². The van der Waals surface area contributed by atoms with E-state index in [1.165, 1.54) is 0 Å². The largest absolute Gasteiger partial charge is 0.466 e.